The van der Waals surface area contributed by atoms with Crippen molar-refractivity contribution in [1.82, 2.24) is 10.3 Å². The van der Waals surface area contributed by atoms with Gasteiger partial charge in [0.05, 0.1) is 5.56 Å². The molecule has 0 fully saturated rings. The number of rotatable bonds is 4. The van der Waals surface area contributed by atoms with E-state index in [0.717, 1.165) is 5.56 Å². The Morgan fingerprint density at radius 3 is 2.81 bits per heavy atom. The van der Waals surface area contributed by atoms with Crippen LogP contribution in [0.25, 0.3) is 0 Å². The molecule has 0 unspecified atom stereocenters. The number of carbonyl (C=O) groups is 1. The lowest BCUT2D eigenvalue weighted by Gasteiger charge is -2.08. The zero-order valence-corrected chi connectivity index (χ0v) is 12.4. The lowest BCUT2D eigenvalue weighted by atomic mass is 10.1. The number of nitrogens with one attached hydrogen (secondary N) is 1. The molecule has 0 spiro atoms. The second kappa shape index (κ2) is 6.74. The maximum Gasteiger partial charge on any atom is 0.254 e. The van der Waals surface area contributed by atoms with Crippen molar-refractivity contribution in [3.05, 3.63) is 57.5 Å². The first-order valence-corrected chi connectivity index (χ1v) is 6.86. The molecular weight excluding hydrogens is 316 g/mol. The summed E-state index contributed by atoms with van der Waals surface area (Å²) in [6, 6.07) is 6.40. The van der Waals surface area contributed by atoms with Gasteiger partial charge in [0.15, 0.2) is 11.6 Å². The third-order valence-corrected chi connectivity index (χ3v) is 3.44. The summed E-state index contributed by atoms with van der Waals surface area (Å²) < 4.78 is 13.6. The summed E-state index contributed by atoms with van der Waals surface area (Å²) in [5.41, 5.74) is 6.03. The first kappa shape index (κ1) is 15.5. The largest absolute Gasteiger partial charge is 0.381 e. The fourth-order valence-corrected chi connectivity index (χ4v) is 2.27. The van der Waals surface area contributed by atoms with Crippen LogP contribution in [0.5, 0.6) is 0 Å². The summed E-state index contributed by atoms with van der Waals surface area (Å²) in [5, 5.41) is 3.67. The second-order valence-corrected chi connectivity index (χ2v) is 5.14. The number of anilines is 1. The second-order valence-electron chi connectivity index (χ2n) is 4.30. The van der Waals surface area contributed by atoms with Crippen molar-refractivity contribution in [2.75, 3.05) is 12.3 Å². The Balaban J connectivity index is 1.97. The van der Waals surface area contributed by atoms with Crippen LogP contribution in [0.3, 0.4) is 0 Å². The van der Waals surface area contributed by atoms with Gasteiger partial charge in [0, 0.05) is 22.8 Å². The molecule has 0 atom stereocenters. The Bertz CT molecular complexity index is 679. The van der Waals surface area contributed by atoms with E-state index in [0.29, 0.717) is 23.0 Å². The number of amides is 1. The molecule has 0 aliphatic carbocycles. The van der Waals surface area contributed by atoms with Gasteiger partial charge in [-0.2, -0.15) is 0 Å². The highest BCUT2D eigenvalue weighted by molar-refractivity contribution is 6.35. The molecule has 7 heteroatoms. The van der Waals surface area contributed by atoms with Crippen molar-refractivity contribution < 1.29 is 9.18 Å². The minimum atomic E-state index is -0.820. The van der Waals surface area contributed by atoms with Gasteiger partial charge in [0.1, 0.15) is 0 Å². The van der Waals surface area contributed by atoms with E-state index >= 15 is 0 Å². The van der Waals surface area contributed by atoms with Gasteiger partial charge >= 0.3 is 0 Å². The molecule has 0 aliphatic rings. The maximum atomic E-state index is 13.6. The van der Waals surface area contributed by atoms with E-state index < -0.39 is 11.7 Å². The Labute approximate surface area is 131 Å². The average Bonchev–Trinajstić information content (AvgIpc) is 2.44. The van der Waals surface area contributed by atoms with Crippen molar-refractivity contribution in [2.45, 2.75) is 6.42 Å². The van der Waals surface area contributed by atoms with Gasteiger partial charge in [-0.05, 0) is 30.2 Å². The zero-order chi connectivity index (χ0) is 15.4. The van der Waals surface area contributed by atoms with E-state index in [1.54, 1.807) is 18.2 Å². The number of benzene rings is 1. The Morgan fingerprint density at radius 2 is 2.10 bits per heavy atom. The first-order valence-electron chi connectivity index (χ1n) is 6.11. The van der Waals surface area contributed by atoms with Crippen molar-refractivity contribution in [2.24, 2.45) is 0 Å². The summed E-state index contributed by atoms with van der Waals surface area (Å²) in [7, 11) is 0. The van der Waals surface area contributed by atoms with Crippen LogP contribution < -0.4 is 11.1 Å². The molecule has 0 radical (unpaired) electrons. The molecular formula is C14H12Cl2FN3O. The van der Waals surface area contributed by atoms with Crippen LogP contribution >= 0.6 is 23.2 Å². The van der Waals surface area contributed by atoms with Crippen molar-refractivity contribution in [3.8, 4) is 0 Å². The van der Waals surface area contributed by atoms with E-state index in [-0.39, 0.29) is 11.4 Å². The van der Waals surface area contributed by atoms with E-state index in [9.17, 15) is 9.18 Å². The van der Waals surface area contributed by atoms with Crippen molar-refractivity contribution in [3.63, 3.8) is 0 Å². The third kappa shape index (κ3) is 3.83. The predicted molar refractivity (Wildman–Crippen MR) is 81.1 cm³/mol. The van der Waals surface area contributed by atoms with Gasteiger partial charge in [-0.15, -0.1) is 0 Å². The number of nitrogens with two attached hydrogens (primary N) is 1. The minimum Gasteiger partial charge on any atom is -0.381 e. The molecule has 1 aromatic heterocycles. The number of nitrogens with zero attached hydrogens (tertiary/aromatic N) is 1. The number of aromatic nitrogens is 1. The molecule has 0 saturated heterocycles. The number of nitrogen functional groups attached to an aromatic ring is 1. The lowest BCUT2D eigenvalue weighted by Crippen LogP contribution is -2.27. The molecule has 3 N–H and O–H groups in total. The highest BCUT2D eigenvalue weighted by Gasteiger charge is 2.14. The van der Waals surface area contributed by atoms with Gasteiger partial charge in [-0.25, -0.2) is 9.37 Å². The molecule has 0 bridgehead atoms. The zero-order valence-electron chi connectivity index (χ0n) is 10.9. The molecule has 1 heterocycles. The smallest absolute Gasteiger partial charge is 0.254 e. The lowest BCUT2D eigenvalue weighted by molar-refractivity contribution is 0.0950. The van der Waals surface area contributed by atoms with Crippen molar-refractivity contribution in [1.29, 1.82) is 0 Å². The van der Waals surface area contributed by atoms with Gasteiger partial charge in [-0.3, -0.25) is 4.79 Å². The van der Waals surface area contributed by atoms with Gasteiger partial charge < -0.3 is 11.1 Å². The molecule has 2 aromatic rings. The summed E-state index contributed by atoms with van der Waals surface area (Å²) in [6.07, 6.45) is 1.79. The number of hydrogen-bond donors (Lipinski definition) is 2. The van der Waals surface area contributed by atoms with Crippen molar-refractivity contribution >= 4 is 34.9 Å². The van der Waals surface area contributed by atoms with Crippen LogP contribution in [0.2, 0.25) is 10.0 Å². The Kier molecular flexibility index (Phi) is 4.98. The number of halogens is 3. The van der Waals surface area contributed by atoms with E-state index in [1.807, 2.05) is 0 Å². The van der Waals surface area contributed by atoms with Gasteiger partial charge in [0.2, 0.25) is 0 Å². The van der Waals surface area contributed by atoms with Crippen LogP contribution in [-0.4, -0.2) is 17.4 Å². The molecule has 0 saturated carbocycles. The van der Waals surface area contributed by atoms with E-state index in [4.69, 9.17) is 28.9 Å². The highest BCUT2D eigenvalue weighted by Crippen LogP contribution is 2.21. The molecule has 1 amide bonds. The summed E-state index contributed by atoms with van der Waals surface area (Å²) in [4.78, 5) is 15.4. The summed E-state index contributed by atoms with van der Waals surface area (Å²) in [5.74, 6) is -1.67. The van der Waals surface area contributed by atoms with Crippen LogP contribution in [0.1, 0.15) is 15.9 Å². The number of pyridine rings is 1. The quantitative estimate of drug-likeness (QED) is 0.906. The van der Waals surface area contributed by atoms with E-state index in [2.05, 4.69) is 10.3 Å². The third-order valence-electron chi connectivity index (χ3n) is 2.86. The normalized spacial score (nSPS) is 10.4. The first-order chi connectivity index (χ1) is 9.99. The topological polar surface area (TPSA) is 68.0 Å². The Morgan fingerprint density at radius 1 is 1.33 bits per heavy atom. The molecule has 110 valence electrons. The standard InChI is InChI=1S/C14H12Cl2FN3O/c15-9-2-1-8(11(16)7-9)3-5-20-14(21)10-4-6-19-13(18)12(10)17/h1-2,4,6-7H,3,5H2,(H2,18,19)(H,20,21). The number of hydrogen-bond acceptors (Lipinski definition) is 3. The SMILES string of the molecule is Nc1nccc(C(=O)NCCc2ccc(Cl)cc2Cl)c1F. The monoisotopic (exact) mass is 327 g/mol. The fraction of sp³-hybridized carbons (Fsp3) is 0.143. The van der Waals surface area contributed by atoms with Gasteiger partial charge in [-0.1, -0.05) is 29.3 Å². The molecule has 2 rings (SSSR count). The molecule has 1 aromatic carbocycles. The van der Waals surface area contributed by atoms with Crippen LogP contribution in [-0.2, 0) is 6.42 Å². The highest BCUT2D eigenvalue weighted by atomic mass is 35.5. The van der Waals surface area contributed by atoms with E-state index in [1.165, 1.54) is 12.3 Å². The Hall–Kier alpha value is -1.85. The minimum absolute atomic E-state index is 0.135. The van der Waals surface area contributed by atoms with Crippen LogP contribution in [0, 0.1) is 5.82 Å². The van der Waals surface area contributed by atoms with Crippen LogP contribution in [0.15, 0.2) is 30.5 Å². The van der Waals surface area contributed by atoms with Gasteiger partial charge in [0.25, 0.3) is 5.91 Å². The van der Waals surface area contributed by atoms with Crippen LogP contribution in [0.4, 0.5) is 10.2 Å². The number of carbonyl (C=O) groups excluding carboxylic acids is 1. The summed E-state index contributed by atoms with van der Waals surface area (Å²) in [6.45, 7) is 0.307. The predicted octanol–water partition coefficient (Wildman–Crippen LogP) is 3.08. The average molecular weight is 328 g/mol. The maximum absolute atomic E-state index is 13.6. The summed E-state index contributed by atoms with van der Waals surface area (Å²) >= 11 is 11.8. The molecule has 4 nitrogen and oxygen atoms in total. The molecule has 21 heavy (non-hydrogen) atoms. The molecule has 0 aliphatic heterocycles. The fourth-order valence-electron chi connectivity index (χ4n) is 1.77.